The standard InChI is InChI=1S/C17H20BrNO/c1-3-20-15-8-6-7-14(11-15)12-19-13(2)16-9-4-5-10-17(16)18/h4-11,13,19H,3,12H2,1-2H3/t13-/m1/s1. The van der Waals surface area contributed by atoms with E-state index in [9.17, 15) is 0 Å². The Morgan fingerprint density at radius 1 is 1.15 bits per heavy atom. The summed E-state index contributed by atoms with van der Waals surface area (Å²) in [6.45, 7) is 5.69. The van der Waals surface area contributed by atoms with Gasteiger partial charge in [0, 0.05) is 17.1 Å². The lowest BCUT2D eigenvalue weighted by Gasteiger charge is -2.16. The van der Waals surface area contributed by atoms with Crippen molar-refractivity contribution in [1.29, 1.82) is 0 Å². The highest BCUT2D eigenvalue weighted by Crippen LogP contribution is 2.23. The Morgan fingerprint density at radius 2 is 1.95 bits per heavy atom. The quantitative estimate of drug-likeness (QED) is 0.827. The number of ether oxygens (including phenoxy) is 1. The molecule has 1 atom stereocenters. The smallest absolute Gasteiger partial charge is 0.119 e. The van der Waals surface area contributed by atoms with Crippen LogP contribution in [-0.2, 0) is 6.54 Å². The molecular formula is C17H20BrNO. The van der Waals surface area contributed by atoms with Crippen molar-refractivity contribution in [2.45, 2.75) is 26.4 Å². The highest BCUT2D eigenvalue weighted by molar-refractivity contribution is 9.10. The molecule has 0 unspecified atom stereocenters. The van der Waals surface area contributed by atoms with E-state index < -0.39 is 0 Å². The largest absolute Gasteiger partial charge is 0.494 e. The molecule has 0 aromatic heterocycles. The third-order valence-electron chi connectivity index (χ3n) is 3.19. The van der Waals surface area contributed by atoms with Crippen LogP contribution < -0.4 is 10.1 Å². The van der Waals surface area contributed by atoms with E-state index in [2.05, 4.69) is 58.5 Å². The first kappa shape index (κ1) is 15.1. The molecule has 106 valence electrons. The molecular weight excluding hydrogens is 314 g/mol. The van der Waals surface area contributed by atoms with Crippen LogP contribution in [0.25, 0.3) is 0 Å². The minimum atomic E-state index is 0.293. The zero-order valence-electron chi connectivity index (χ0n) is 11.9. The lowest BCUT2D eigenvalue weighted by Crippen LogP contribution is -2.18. The molecule has 2 nitrogen and oxygen atoms in total. The van der Waals surface area contributed by atoms with Crippen molar-refractivity contribution in [1.82, 2.24) is 5.32 Å². The van der Waals surface area contributed by atoms with Crippen LogP contribution in [0, 0.1) is 0 Å². The molecule has 2 aromatic carbocycles. The molecule has 0 saturated heterocycles. The van der Waals surface area contributed by atoms with E-state index in [1.807, 2.05) is 25.1 Å². The van der Waals surface area contributed by atoms with Gasteiger partial charge in [0.05, 0.1) is 6.61 Å². The second-order valence-corrected chi connectivity index (χ2v) is 5.56. The van der Waals surface area contributed by atoms with Crippen LogP contribution in [-0.4, -0.2) is 6.61 Å². The van der Waals surface area contributed by atoms with Gasteiger partial charge in [0.1, 0.15) is 5.75 Å². The summed E-state index contributed by atoms with van der Waals surface area (Å²) in [6, 6.07) is 16.8. The van der Waals surface area contributed by atoms with Gasteiger partial charge in [-0.25, -0.2) is 0 Å². The minimum Gasteiger partial charge on any atom is -0.494 e. The van der Waals surface area contributed by atoms with Gasteiger partial charge in [-0.05, 0) is 43.2 Å². The van der Waals surface area contributed by atoms with Crippen LogP contribution in [0.1, 0.15) is 31.0 Å². The van der Waals surface area contributed by atoms with Gasteiger partial charge >= 0.3 is 0 Å². The fraction of sp³-hybridized carbons (Fsp3) is 0.294. The van der Waals surface area contributed by atoms with Crippen LogP contribution in [0.5, 0.6) is 5.75 Å². The Balaban J connectivity index is 1.98. The van der Waals surface area contributed by atoms with Gasteiger partial charge in [-0.15, -0.1) is 0 Å². The molecule has 2 aromatic rings. The number of nitrogens with one attached hydrogen (secondary N) is 1. The van der Waals surface area contributed by atoms with Crippen molar-refractivity contribution in [3.05, 3.63) is 64.1 Å². The summed E-state index contributed by atoms with van der Waals surface area (Å²) >= 11 is 3.60. The third-order valence-corrected chi connectivity index (χ3v) is 3.92. The average molecular weight is 334 g/mol. The molecule has 0 aliphatic rings. The second kappa shape index (κ2) is 7.46. The SMILES string of the molecule is CCOc1cccc(CN[C@H](C)c2ccccc2Br)c1. The highest BCUT2D eigenvalue weighted by Gasteiger charge is 2.08. The molecule has 0 heterocycles. The van der Waals surface area contributed by atoms with E-state index in [-0.39, 0.29) is 0 Å². The van der Waals surface area contributed by atoms with Crippen molar-refractivity contribution in [2.75, 3.05) is 6.61 Å². The van der Waals surface area contributed by atoms with Gasteiger partial charge in [-0.1, -0.05) is 46.3 Å². The number of halogens is 1. The summed E-state index contributed by atoms with van der Waals surface area (Å²) in [4.78, 5) is 0. The van der Waals surface area contributed by atoms with Crippen LogP contribution in [0.15, 0.2) is 53.0 Å². The Bertz CT molecular complexity index is 556. The number of benzene rings is 2. The Kier molecular flexibility index (Phi) is 5.62. The van der Waals surface area contributed by atoms with E-state index in [0.29, 0.717) is 12.6 Å². The maximum atomic E-state index is 5.52. The molecule has 0 amide bonds. The van der Waals surface area contributed by atoms with Crippen molar-refractivity contribution in [2.24, 2.45) is 0 Å². The van der Waals surface area contributed by atoms with E-state index in [0.717, 1.165) is 16.8 Å². The van der Waals surface area contributed by atoms with Gasteiger partial charge in [-0.3, -0.25) is 0 Å². The Morgan fingerprint density at radius 3 is 2.70 bits per heavy atom. The van der Waals surface area contributed by atoms with Gasteiger partial charge in [-0.2, -0.15) is 0 Å². The molecule has 0 aliphatic carbocycles. The van der Waals surface area contributed by atoms with E-state index >= 15 is 0 Å². The molecule has 3 heteroatoms. The molecule has 0 bridgehead atoms. The monoisotopic (exact) mass is 333 g/mol. The fourth-order valence-corrected chi connectivity index (χ4v) is 2.75. The van der Waals surface area contributed by atoms with Crippen LogP contribution in [0.2, 0.25) is 0 Å². The average Bonchev–Trinajstić information content (AvgIpc) is 2.46. The van der Waals surface area contributed by atoms with E-state index in [4.69, 9.17) is 4.74 Å². The molecule has 0 fully saturated rings. The molecule has 20 heavy (non-hydrogen) atoms. The normalized spacial score (nSPS) is 12.2. The lowest BCUT2D eigenvalue weighted by molar-refractivity contribution is 0.339. The maximum absolute atomic E-state index is 5.52. The second-order valence-electron chi connectivity index (χ2n) is 4.70. The van der Waals surface area contributed by atoms with Crippen LogP contribution >= 0.6 is 15.9 Å². The first-order valence-corrected chi connectivity index (χ1v) is 7.69. The zero-order chi connectivity index (χ0) is 14.4. The molecule has 0 radical (unpaired) electrons. The summed E-state index contributed by atoms with van der Waals surface area (Å²) in [5.41, 5.74) is 2.50. The fourth-order valence-electron chi connectivity index (χ4n) is 2.12. The third kappa shape index (κ3) is 4.09. The van der Waals surface area contributed by atoms with Crippen LogP contribution in [0.3, 0.4) is 0 Å². The first-order valence-electron chi connectivity index (χ1n) is 6.90. The minimum absolute atomic E-state index is 0.293. The molecule has 0 saturated carbocycles. The highest BCUT2D eigenvalue weighted by atomic mass is 79.9. The van der Waals surface area contributed by atoms with Gasteiger partial charge < -0.3 is 10.1 Å². The van der Waals surface area contributed by atoms with Gasteiger partial charge in [0.15, 0.2) is 0 Å². The summed E-state index contributed by atoms with van der Waals surface area (Å²) in [5, 5.41) is 3.54. The van der Waals surface area contributed by atoms with Crippen molar-refractivity contribution in [3.63, 3.8) is 0 Å². The van der Waals surface area contributed by atoms with Crippen molar-refractivity contribution < 1.29 is 4.74 Å². The summed E-state index contributed by atoms with van der Waals surface area (Å²) in [7, 11) is 0. The Labute approximate surface area is 129 Å². The first-order chi connectivity index (χ1) is 9.70. The topological polar surface area (TPSA) is 21.3 Å². The van der Waals surface area contributed by atoms with Crippen LogP contribution in [0.4, 0.5) is 0 Å². The summed E-state index contributed by atoms with van der Waals surface area (Å²) in [5.74, 6) is 0.931. The molecule has 2 rings (SSSR count). The summed E-state index contributed by atoms with van der Waals surface area (Å²) < 4.78 is 6.66. The number of hydrogen-bond donors (Lipinski definition) is 1. The molecule has 0 spiro atoms. The zero-order valence-corrected chi connectivity index (χ0v) is 13.5. The van der Waals surface area contributed by atoms with Crippen molar-refractivity contribution >= 4 is 15.9 Å². The van der Waals surface area contributed by atoms with E-state index in [1.165, 1.54) is 11.1 Å². The molecule has 1 N–H and O–H groups in total. The lowest BCUT2D eigenvalue weighted by atomic mass is 10.1. The summed E-state index contributed by atoms with van der Waals surface area (Å²) in [6.07, 6.45) is 0. The van der Waals surface area contributed by atoms with Crippen molar-refractivity contribution in [3.8, 4) is 5.75 Å². The van der Waals surface area contributed by atoms with Gasteiger partial charge in [0.25, 0.3) is 0 Å². The molecule has 0 aliphatic heterocycles. The predicted molar refractivity (Wildman–Crippen MR) is 87.0 cm³/mol. The Hall–Kier alpha value is -1.32. The van der Waals surface area contributed by atoms with E-state index in [1.54, 1.807) is 0 Å². The van der Waals surface area contributed by atoms with Gasteiger partial charge in [0.2, 0.25) is 0 Å². The number of rotatable bonds is 6. The maximum Gasteiger partial charge on any atom is 0.119 e. The number of hydrogen-bond acceptors (Lipinski definition) is 2. The predicted octanol–water partition coefficient (Wildman–Crippen LogP) is 4.70.